The summed E-state index contributed by atoms with van der Waals surface area (Å²) < 4.78 is 0.0859. The molecule has 2 nitrogen and oxygen atoms in total. The van der Waals surface area contributed by atoms with Crippen LogP contribution in [0.25, 0.3) is 0 Å². The summed E-state index contributed by atoms with van der Waals surface area (Å²) in [5.41, 5.74) is 8.34. The molecule has 0 fully saturated rings. The van der Waals surface area contributed by atoms with Gasteiger partial charge in [0.2, 0.25) is 0 Å². The Bertz CT molecular complexity index is 791. The molecular weight excluding hydrogens is 494 g/mol. The normalized spacial score (nSPS) is 14.5. The maximum absolute atomic E-state index is 3.72. The van der Waals surface area contributed by atoms with E-state index in [1.54, 1.807) is 0 Å². The van der Waals surface area contributed by atoms with E-state index in [4.69, 9.17) is 0 Å². The van der Waals surface area contributed by atoms with Crippen LogP contribution in [0.3, 0.4) is 0 Å². The van der Waals surface area contributed by atoms with Crippen molar-refractivity contribution in [1.29, 1.82) is 0 Å². The van der Waals surface area contributed by atoms with Crippen molar-refractivity contribution in [2.75, 3.05) is 9.80 Å². The molecule has 0 aliphatic carbocycles. The molecule has 31 heavy (non-hydrogen) atoms. The van der Waals surface area contributed by atoms with E-state index in [2.05, 4.69) is 133 Å². The summed E-state index contributed by atoms with van der Waals surface area (Å²) in [6.45, 7) is 18.3. The number of nitrogens with zero attached hydrogens (tertiary/aromatic N) is 2. The van der Waals surface area contributed by atoms with Crippen LogP contribution in [0.1, 0.15) is 101 Å². The van der Waals surface area contributed by atoms with Crippen LogP contribution in [-0.4, -0.2) is 4.64 Å². The molecule has 0 N–H and O–H groups in total. The molecule has 0 bridgehead atoms. The third kappa shape index (κ3) is 5.06. The summed E-state index contributed by atoms with van der Waals surface area (Å²) in [5.74, 6) is 1.89. The Hall–Kier alpha value is -1.27. The zero-order valence-corrected chi connectivity index (χ0v) is 22.5. The van der Waals surface area contributed by atoms with Gasteiger partial charge in [-0.2, -0.15) is 0 Å². The average molecular weight is 532 g/mol. The number of rotatable bonds is 6. The van der Waals surface area contributed by atoms with Gasteiger partial charge in [-0.3, -0.25) is 0 Å². The number of para-hydroxylation sites is 2. The molecule has 0 amide bonds. The molecule has 0 atom stereocenters. The van der Waals surface area contributed by atoms with Crippen LogP contribution < -0.4 is 9.80 Å². The number of hydrogen-bond acceptors (Lipinski definition) is 2. The van der Waals surface area contributed by atoms with E-state index in [-0.39, 0.29) is 17.0 Å². The van der Waals surface area contributed by atoms with Gasteiger partial charge < -0.3 is 0 Å². The van der Waals surface area contributed by atoms with Crippen molar-refractivity contribution >= 4 is 23.8 Å². The zero-order valence-electron chi connectivity index (χ0n) is 20.1. The van der Waals surface area contributed by atoms with Gasteiger partial charge in [0.15, 0.2) is 0 Å². The molecule has 0 saturated heterocycles. The van der Waals surface area contributed by atoms with Gasteiger partial charge in [-0.1, -0.05) is 0 Å². The maximum atomic E-state index is 3.72. The minimum Gasteiger partial charge on any atom is -0.147 e. The summed E-state index contributed by atoms with van der Waals surface area (Å²) in [7, 11) is 0. The molecule has 0 radical (unpaired) electrons. The molecular formula is C27H38ClN2Pd. The second-order valence-electron chi connectivity index (χ2n) is 9.58. The average Bonchev–Trinajstić information content (AvgIpc) is 3.07. The van der Waals surface area contributed by atoms with Crippen molar-refractivity contribution in [2.45, 2.75) is 83.7 Å². The first-order chi connectivity index (χ1) is 14.1. The molecule has 0 aromatic heterocycles. The van der Waals surface area contributed by atoms with Crippen molar-refractivity contribution in [3.05, 3.63) is 71.1 Å². The first kappa shape index (κ1) is 26.0. The van der Waals surface area contributed by atoms with Crippen LogP contribution in [0.2, 0.25) is 0 Å². The van der Waals surface area contributed by atoms with Crippen molar-refractivity contribution in [3.63, 3.8) is 0 Å². The Morgan fingerprint density at radius 1 is 0.581 bits per heavy atom. The van der Waals surface area contributed by atoms with E-state index in [9.17, 15) is 0 Å². The summed E-state index contributed by atoms with van der Waals surface area (Å²) in [4.78, 5) is 4.85. The molecule has 1 aliphatic rings. The quantitative estimate of drug-likeness (QED) is 0.346. The number of hydrogen-bond donors (Lipinski definition) is 0. The Morgan fingerprint density at radius 2 is 0.839 bits per heavy atom. The third-order valence-corrected chi connectivity index (χ3v) is 6.88. The fourth-order valence-corrected chi connectivity index (χ4v) is 5.04. The van der Waals surface area contributed by atoms with Crippen LogP contribution in [-0.2, 0) is 19.2 Å². The van der Waals surface area contributed by atoms with Crippen molar-refractivity contribution in [1.82, 2.24) is 0 Å². The first-order valence-electron chi connectivity index (χ1n) is 11.3. The Morgan fingerprint density at radius 3 is 1.06 bits per heavy atom. The maximum Gasteiger partial charge on any atom is -0.147 e. The van der Waals surface area contributed by atoms with Crippen LogP contribution in [0, 0.1) is 0 Å². The van der Waals surface area contributed by atoms with Gasteiger partial charge in [0, 0.05) is 0 Å². The van der Waals surface area contributed by atoms with Gasteiger partial charge in [-0.05, 0) is 0 Å². The van der Waals surface area contributed by atoms with Gasteiger partial charge >= 0.3 is 195 Å². The molecule has 1 heterocycles. The molecule has 3 rings (SSSR count). The SMILES string of the molecule is CC(C)c1cccc(C(C)C)c1N1C=CN(c2c(C(C)C)cccc2C(C)C)[CH]1[Pd].Cl. The fourth-order valence-electron chi connectivity index (χ4n) is 4.38. The molecule has 0 unspecified atom stereocenters. The zero-order chi connectivity index (χ0) is 22.2. The monoisotopic (exact) mass is 531 g/mol. The molecule has 173 valence electrons. The summed E-state index contributed by atoms with van der Waals surface area (Å²) in [5, 5.41) is 0. The molecule has 4 heteroatoms. The van der Waals surface area contributed by atoms with Gasteiger partial charge in [0.05, 0.1) is 0 Å². The third-order valence-electron chi connectivity index (χ3n) is 6.01. The standard InChI is InChI=1S/C27H37N2.ClH.Pd/c1-18(2)22-11-9-12-23(19(3)4)26(22)28-15-16-29(17-28)27-24(20(5)6)13-10-14-25(27)21(7)8;;/h9-21H,1-8H3;1H;. The molecule has 0 spiro atoms. The van der Waals surface area contributed by atoms with Gasteiger partial charge in [0.25, 0.3) is 0 Å². The number of anilines is 2. The van der Waals surface area contributed by atoms with Crippen LogP contribution in [0.15, 0.2) is 48.8 Å². The van der Waals surface area contributed by atoms with E-state index in [0.29, 0.717) is 23.7 Å². The van der Waals surface area contributed by atoms with Crippen LogP contribution in [0.5, 0.6) is 0 Å². The summed E-state index contributed by atoms with van der Waals surface area (Å²) in [6.07, 6.45) is 4.51. The second-order valence-corrected chi connectivity index (χ2v) is 10.4. The number of halogens is 1. The van der Waals surface area contributed by atoms with Gasteiger partial charge in [-0.15, -0.1) is 12.4 Å². The molecule has 1 aliphatic heterocycles. The van der Waals surface area contributed by atoms with Crippen molar-refractivity contribution < 1.29 is 19.2 Å². The predicted molar refractivity (Wildman–Crippen MR) is 134 cm³/mol. The molecule has 2 aromatic carbocycles. The van der Waals surface area contributed by atoms with Crippen LogP contribution in [0.4, 0.5) is 11.4 Å². The predicted octanol–water partition coefficient (Wildman–Crippen LogP) is 8.23. The van der Waals surface area contributed by atoms with E-state index in [1.165, 1.54) is 33.6 Å². The molecule has 2 aromatic rings. The van der Waals surface area contributed by atoms with Crippen molar-refractivity contribution in [2.24, 2.45) is 0 Å². The van der Waals surface area contributed by atoms with Crippen LogP contribution >= 0.6 is 12.4 Å². The fraction of sp³-hybridized carbons (Fsp3) is 0.481. The van der Waals surface area contributed by atoms with E-state index >= 15 is 0 Å². The topological polar surface area (TPSA) is 6.48 Å². The van der Waals surface area contributed by atoms with Gasteiger partial charge in [0.1, 0.15) is 0 Å². The van der Waals surface area contributed by atoms with E-state index < -0.39 is 0 Å². The van der Waals surface area contributed by atoms with Gasteiger partial charge in [-0.25, -0.2) is 0 Å². The minimum atomic E-state index is 0. The summed E-state index contributed by atoms with van der Waals surface area (Å²) >= 11 is 3.72. The summed E-state index contributed by atoms with van der Waals surface area (Å²) in [6, 6.07) is 13.6. The largest absolute Gasteiger partial charge is 0.147 e. The second kappa shape index (κ2) is 10.6. The Kier molecular flexibility index (Phi) is 8.86. The van der Waals surface area contributed by atoms with Crippen molar-refractivity contribution in [3.8, 4) is 0 Å². The number of benzene rings is 2. The Balaban J connectivity index is 0.00000341. The smallest absolute Gasteiger partial charge is 0.147 e. The Labute approximate surface area is 206 Å². The van der Waals surface area contributed by atoms with E-state index in [1.807, 2.05) is 0 Å². The van der Waals surface area contributed by atoms with E-state index in [0.717, 1.165) is 0 Å². The minimum absolute atomic E-state index is 0. The molecule has 0 saturated carbocycles. The first-order valence-corrected chi connectivity index (χ1v) is 12.2.